The lowest BCUT2D eigenvalue weighted by Crippen LogP contribution is -2.20. The zero-order chi connectivity index (χ0) is 20.6. The van der Waals surface area contributed by atoms with Crippen molar-refractivity contribution in [3.8, 4) is 0 Å². The largest absolute Gasteiger partial charge is 0.386 e. The van der Waals surface area contributed by atoms with Crippen molar-refractivity contribution in [3.05, 3.63) is 65.0 Å². The summed E-state index contributed by atoms with van der Waals surface area (Å²) in [5.41, 5.74) is 1.36. The number of pyridine rings is 1. The number of rotatable bonds is 5. The normalized spacial score (nSPS) is 17.0. The van der Waals surface area contributed by atoms with Crippen molar-refractivity contribution in [2.24, 2.45) is 5.92 Å². The first kappa shape index (κ1) is 20.0. The lowest BCUT2D eigenvalue weighted by atomic mass is 9.82. The highest BCUT2D eigenvalue weighted by molar-refractivity contribution is 5.76. The van der Waals surface area contributed by atoms with Crippen LogP contribution in [0, 0.1) is 17.6 Å². The van der Waals surface area contributed by atoms with Crippen molar-refractivity contribution >= 4 is 11.0 Å². The molecule has 1 saturated heterocycles. The van der Waals surface area contributed by atoms with Gasteiger partial charge < -0.3 is 14.8 Å². The van der Waals surface area contributed by atoms with E-state index >= 15 is 0 Å². The van der Waals surface area contributed by atoms with Crippen molar-refractivity contribution < 1.29 is 18.6 Å². The van der Waals surface area contributed by atoms with Crippen LogP contribution in [0.3, 0.4) is 0 Å². The van der Waals surface area contributed by atoms with Gasteiger partial charge in [0.25, 0.3) is 0 Å². The number of H-pyrrole nitrogens is 1. The fraction of sp³-hybridized carbons (Fsp3) is 0.435. The minimum atomic E-state index is -1.25. The minimum Gasteiger partial charge on any atom is -0.386 e. The fourth-order valence-electron chi connectivity index (χ4n) is 4.20. The first-order valence-electron chi connectivity index (χ1n) is 10.1. The highest BCUT2D eigenvalue weighted by Gasteiger charge is 2.26. The second-order valence-corrected chi connectivity index (χ2v) is 8.46. The molecule has 4 rings (SSSR count). The number of aromatic amines is 1. The Bertz CT molecular complexity index is 1000. The molecule has 1 aliphatic rings. The van der Waals surface area contributed by atoms with Gasteiger partial charge in [-0.25, -0.2) is 13.8 Å². The second-order valence-electron chi connectivity index (χ2n) is 8.46. The molecule has 2 aromatic heterocycles. The van der Waals surface area contributed by atoms with Gasteiger partial charge in [-0.2, -0.15) is 0 Å². The van der Waals surface area contributed by atoms with Crippen LogP contribution in [0.1, 0.15) is 55.8 Å². The van der Waals surface area contributed by atoms with Gasteiger partial charge in [0.05, 0.1) is 11.8 Å². The van der Waals surface area contributed by atoms with E-state index in [-0.39, 0.29) is 17.3 Å². The number of nitrogens with one attached hydrogen (secondary N) is 1. The Hall–Kier alpha value is -2.31. The smallest absolute Gasteiger partial charge is 0.142 e. The highest BCUT2D eigenvalue weighted by Crippen LogP contribution is 2.37. The molecule has 0 spiro atoms. The summed E-state index contributed by atoms with van der Waals surface area (Å²) in [5.74, 6) is -0.431. The summed E-state index contributed by atoms with van der Waals surface area (Å²) in [6.45, 7) is 4.62. The summed E-state index contributed by atoms with van der Waals surface area (Å²) < 4.78 is 33.9. The topological polar surface area (TPSA) is 58.1 Å². The molecule has 1 aliphatic heterocycles. The van der Waals surface area contributed by atoms with Crippen LogP contribution in [-0.2, 0) is 10.3 Å². The molecule has 0 saturated carbocycles. The zero-order valence-electron chi connectivity index (χ0n) is 16.7. The number of nitrogens with zero attached hydrogens (tertiary/aromatic N) is 1. The minimum absolute atomic E-state index is 0.0827. The molecular formula is C23H26F2N2O2. The number of aliphatic hydroxyl groups is 1. The molecule has 1 fully saturated rings. The molecule has 3 aromatic rings. The predicted octanol–water partition coefficient (Wildman–Crippen LogP) is 5.02. The van der Waals surface area contributed by atoms with Crippen LogP contribution >= 0.6 is 0 Å². The van der Waals surface area contributed by atoms with Gasteiger partial charge in [0.15, 0.2) is 0 Å². The summed E-state index contributed by atoms with van der Waals surface area (Å²) in [7, 11) is 0. The van der Waals surface area contributed by atoms with E-state index in [0.29, 0.717) is 17.0 Å². The summed E-state index contributed by atoms with van der Waals surface area (Å²) in [5, 5.41) is 10.9. The standard InChI is InChI=1S/C23H26F2N2O2/c1-23(2,28)19-4-3-15(11-20(19)25)18(9-14-5-7-29-8-6-14)21-12-16-10-17(24)13-26-22(16)27-21/h3-4,10-14,18,28H,5-9H2,1-2H3,(H,26,27). The average molecular weight is 400 g/mol. The van der Waals surface area contributed by atoms with E-state index in [1.807, 2.05) is 12.1 Å². The Morgan fingerprint density at radius 2 is 1.97 bits per heavy atom. The lowest BCUT2D eigenvalue weighted by molar-refractivity contribution is 0.0625. The summed E-state index contributed by atoms with van der Waals surface area (Å²) in [6.07, 6.45) is 3.95. The van der Waals surface area contributed by atoms with Crippen molar-refractivity contribution in [2.45, 2.75) is 44.6 Å². The van der Waals surface area contributed by atoms with Crippen LogP contribution < -0.4 is 0 Å². The molecule has 154 valence electrons. The third-order valence-corrected chi connectivity index (χ3v) is 5.80. The first-order valence-corrected chi connectivity index (χ1v) is 10.1. The Kier molecular flexibility index (Phi) is 5.40. The summed E-state index contributed by atoms with van der Waals surface area (Å²) in [4.78, 5) is 7.42. The molecule has 0 amide bonds. The van der Waals surface area contributed by atoms with Gasteiger partial charge >= 0.3 is 0 Å². The number of fused-ring (bicyclic) bond motifs is 1. The molecule has 1 unspecified atom stereocenters. The molecule has 0 bridgehead atoms. The molecule has 0 radical (unpaired) electrons. The Morgan fingerprint density at radius 3 is 2.66 bits per heavy atom. The van der Waals surface area contributed by atoms with Crippen molar-refractivity contribution in [2.75, 3.05) is 13.2 Å². The molecule has 1 aromatic carbocycles. The fourth-order valence-corrected chi connectivity index (χ4v) is 4.20. The predicted molar refractivity (Wildman–Crippen MR) is 108 cm³/mol. The molecule has 3 heterocycles. The van der Waals surface area contributed by atoms with E-state index in [2.05, 4.69) is 9.97 Å². The number of aromatic nitrogens is 2. The molecule has 6 heteroatoms. The maximum atomic E-state index is 14.8. The van der Waals surface area contributed by atoms with Crippen LogP contribution in [0.2, 0.25) is 0 Å². The number of benzene rings is 1. The average Bonchev–Trinajstić information content (AvgIpc) is 3.08. The van der Waals surface area contributed by atoms with Crippen LogP contribution in [0.15, 0.2) is 36.5 Å². The molecule has 0 aliphatic carbocycles. The van der Waals surface area contributed by atoms with Gasteiger partial charge in [0.2, 0.25) is 0 Å². The molecule has 4 nitrogen and oxygen atoms in total. The summed E-state index contributed by atoms with van der Waals surface area (Å²) in [6, 6.07) is 8.39. The third-order valence-electron chi connectivity index (χ3n) is 5.80. The Morgan fingerprint density at radius 1 is 1.21 bits per heavy atom. The maximum absolute atomic E-state index is 14.8. The number of halogens is 2. The van der Waals surface area contributed by atoms with Crippen LogP contribution in [0.25, 0.3) is 11.0 Å². The van der Waals surface area contributed by atoms with E-state index in [1.54, 1.807) is 19.9 Å². The third kappa shape index (κ3) is 4.33. The van der Waals surface area contributed by atoms with Gasteiger partial charge in [-0.05, 0) is 62.8 Å². The van der Waals surface area contributed by atoms with Gasteiger partial charge in [-0.3, -0.25) is 0 Å². The van der Waals surface area contributed by atoms with Gasteiger partial charge in [0, 0.05) is 35.8 Å². The zero-order valence-corrected chi connectivity index (χ0v) is 16.7. The molecular weight excluding hydrogens is 374 g/mol. The first-order chi connectivity index (χ1) is 13.8. The monoisotopic (exact) mass is 400 g/mol. The van der Waals surface area contributed by atoms with Gasteiger partial charge in [-0.1, -0.05) is 12.1 Å². The highest BCUT2D eigenvalue weighted by atomic mass is 19.1. The van der Waals surface area contributed by atoms with Crippen LogP contribution in [0.4, 0.5) is 8.78 Å². The Balaban J connectivity index is 1.74. The number of hydrogen-bond acceptors (Lipinski definition) is 3. The number of ether oxygens (including phenoxy) is 1. The van der Waals surface area contributed by atoms with Crippen LogP contribution in [0.5, 0.6) is 0 Å². The second kappa shape index (κ2) is 7.84. The van der Waals surface area contributed by atoms with E-state index in [0.717, 1.165) is 43.7 Å². The summed E-state index contributed by atoms with van der Waals surface area (Å²) >= 11 is 0. The molecule has 1 atom stereocenters. The molecule has 2 N–H and O–H groups in total. The van der Waals surface area contributed by atoms with Crippen molar-refractivity contribution in [1.29, 1.82) is 0 Å². The van der Waals surface area contributed by atoms with E-state index < -0.39 is 11.4 Å². The van der Waals surface area contributed by atoms with Crippen molar-refractivity contribution in [1.82, 2.24) is 9.97 Å². The van der Waals surface area contributed by atoms with Crippen molar-refractivity contribution in [3.63, 3.8) is 0 Å². The maximum Gasteiger partial charge on any atom is 0.142 e. The van der Waals surface area contributed by atoms with E-state index in [9.17, 15) is 13.9 Å². The SMILES string of the molecule is CC(C)(O)c1ccc(C(CC2CCOCC2)c2cc3cc(F)cnc3[nH]2)cc1F. The lowest BCUT2D eigenvalue weighted by Gasteiger charge is -2.27. The Labute approximate surface area is 168 Å². The molecule has 29 heavy (non-hydrogen) atoms. The van der Waals surface area contributed by atoms with Crippen LogP contribution in [-0.4, -0.2) is 28.3 Å². The van der Waals surface area contributed by atoms with E-state index in [1.165, 1.54) is 18.3 Å². The van der Waals surface area contributed by atoms with E-state index in [4.69, 9.17) is 4.74 Å². The number of hydrogen-bond donors (Lipinski definition) is 2. The van der Waals surface area contributed by atoms with Gasteiger partial charge in [0.1, 0.15) is 17.3 Å². The quantitative estimate of drug-likeness (QED) is 0.632. The van der Waals surface area contributed by atoms with Gasteiger partial charge in [-0.15, -0.1) is 0 Å².